The minimum absolute atomic E-state index is 0.162. The van der Waals surface area contributed by atoms with Crippen LogP contribution in [0.15, 0.2) is 115 Å². The van der Waals surface area contributed by atoms with E-state index in [1.54, 1.807) is 0 Å². The Morgan fingerprint density at radius 2 is 1.11 bits per heavy atom. The van der Waals surface area contributed by atoms with Gasteiger partial charge >= 0.3 is 0 Å². The molecule has 8 bridgehead atoms. The van der Waals surface area contributed by atoms with Gasteiger partial charge in [0.15, 0.2) is 0 Å². The first-order valence-electron chi connectivity index (χ1n) is 9.33. The number of hydrogen-bond acceptors (Lipinski definition) is 5. The highest BCUT2D eigenvalue weighted by molar-refractivity contribution is 6.16. The van der Waals surface area contributed by atoms with Crippen molar-refractivity contribution in [2.24, 2.45) is 20.0 Å². The summed E-state index contributed by atoms with van der Waals surface area (Å²) >= 11 is 0. The van der Waals surface area contributed by atoms with E-state index in [0.717, 1.165) is 57.6 Å². The molecule has 5 aliphatic heterocycles. The maximum absolute atomic E-state index is 9.21. The van der Waals surface area contributed by atoms with Crippen LogP contribution in [0, 0.1) is 0 Å². The van der Waals surface area contributed by atoms with Gasteiger partial charge in [-0.2, -0.15) is 0 Å². The van der Waals surface area contributed by atoms with Crippen molar-refractivity contribution >= 4 is 22.8 Å². The summed E-state index contributed by atoms with van der Waals surface area (Å²) < 4.78 is 0. The normalized spacial score (nSPS) is 21.5. The molecule has 0 fully saturated rings. The monoisotopic (exact) mass is 366 g/mol. The fraction of sp³-hybridized carbons (Fsp3) is 0.130. The van der Waals surface area contributed by atoms with Crippen LogP contribution in [0.1, 0.15) is 12.8 Å². The smallest absolute Gasteiger partial charge is 0.0691 e. The fourth-order valence-electron chi connectivity index (χ4n) is 3.42. The largest absolute Gasteiger partial charge is 0.396 e. The quantitative estimate of drug-likeness (QED) is 0.812. The summed E-state index contributed by atoms with van der Waals surface area (Å²) in [5.74, 6) is 0. The molecule has 0 aliphatic carbocycles. The van der Waals surface area contributed by atoms with Crippen LogP contribution in [0.4, 0.5) is 0 Å². The molecule has 0 spiro atoms. The first-order valence-corrected chi connectivity index (χ1v) is 9.33. The van der Waals surface area contributed by atoms with Crippen LogP contribution in [0.25, 0.3) is 0 Å². The molecule has 0 saturated heterocycles. The van der Waals surface area contributed by atoms with Crippen LogP contribution in [-0.2, 0) is 0 Å². The molecule has 136 valence electrons. The molecule has 5 heterocycles. The van der Waals surface area contributed by atoms with Gasteiger partial charge in [-0.25, -0.2) is 20.0 Å². The third-order valence-corrected chi connectivity index (χ3v) is 4.73. The Morgan fingerprint density at radius 3 is 1.68 bits per heavy atom. The molecule has 1 N–H and O–H groups in total. The maximum atomic E-state index is 9.21. The lowest BCUT2D eigenvalue weighted by Gasteiger charge is -2.01. The average Bonchev–Trinajstić information content (AvgIpc) is 3.45. The Hall–Kier alpha value is -3.44. The van der Waals surface area contributed by atoms with E-state index in [-0.39, 0.29) is 6.61 Å². The predicted molar refractivity (Wildman–Crippen MR) is 114 cm³/mol. The zero-order valence-electron chi connectivity index (χ0n) is 15.2. The Balaban J connectivity index is 1.61. The fourth-order valence-corrected chi connectivity index (χ4v) is 3.42. The van der Waals surface area contributed by atoms with E-state index < -0.39 is 0 Å². The number of nitrogens with zero attached hydrogens (tertiary/aromatic N) is 4. The van der Waals surface area contributed by atoms with Gasteiger partial charge in [-0.05, 0) is 85.3 Å². The summed E-state index contributed by atoms with van der Waals surface area (Å²) in [6.45, 7) is 0.162. The van der Waals surface area contributed by atoms with Gasteiger partial charge in [-0.1, -0.05) is 0 Å². The number of allylic oxidation sites excluding steroid dienone is 12. The highest BCUT2D eigenvalue weighted by Gasteiger charge is 2.16. The first-order chi connectivity index (χ1) is 13.7. The van der Waals surface area contributed by atoms with Crippen LogP contribution < -0.4 is 0 Å². The lowest BCUT2D eigenvalue weighted by Crippen LogP contribution is -1.98. The molecule has 28 heavy (non-hydrogen) atoms. The number of rotatable bonds is 3. The molecule has 5 aliphatic rings. The van der Waals surface area contributed by atoms with E-state index in [9.17, 15) is 5.11 Å². The van der Waals surface area contributed by atoms with Crippen LogP contribution in [0.5, 0.6) is 0 Å². The minimum atomic E-state index is 0.162. The van der Waals surface area contributed by atoms with Crippen molar-refractivity contribution in [3.8, 4) is 0 Å². The van der Waals surface area contributed by atoms with E-state index >= 15 is 0 Å². The lowest BCUT2D eigenvalue weighted by molar-refractivity contribution is 0.289. The molecule has 0 aromatic rings. The lowest BCUT2D eigenvalue weighted by atomic mass is 10.0. The van der Waals surface area contributed by atoms with Crippen LogP contribution >= 0.6 is 0 Å². The van der Waals surface area contributed by atoms with Gasteiger partial charge in [0.25, 0.3) is 0 Å². The van der Waals surface area contributed by atoms with Crippen molar-refractivity contribution in [3.05, 3.63) is 95.2 Å². The molecular weight excluding hydrogens is 348 g/mol. The van der Waals surface area contributed by atoms with Crippen molar-refractivity contribution in [2.75, 3.05) is 6.61 Å². The average molecular weight is 366 g/mol. The van der Waals surface area contributed by atoms with Gasteiger partial charge in [0, 0.05) is 6.61 Å². The zero-order chi connectivity index (χ0) is 18.9. The molecule has 0 amide bonds. The number of aliphatic hydroxyl groups is 1. The molecule has 0 aromatic heterocycles. The highest BCUT2D eigenvalue weighted by Crippen LogP contribution is 2.25. The summed E-state index contributed by atoms with van der Waals surface area (Å²) in [4.78, 5) is 18.7. The van der Waals surface area contributed by atoms with E-state index in [0.29, 0.717) is 6.42 Å². The molecule has 5 nitrogen and oxygen atoms in total. The summed E-state index contributed by atoms with van der Waals surface area (Å²) in [7, 11) is 0. The second-order valence-corrected chi connectivity index (χ2v) is 6.88. The third-order valence-electron chi connectivity index (χ3n) is 4.73. The molecule has 0 saturated carbocycles. The van der Waals surface area contributed by atoms with Crippen molar-refractivity contribution in [3.63, 3.8) is 0 Å². The molecule has 0 unspecified atom stereocenters. The van der Waals surface area contributed by atoms with Gasteiger partial charge in [0.05, 0.1) is 45.6 Å². The van der Waals surface area contributed by atoms with Crippen LogP contribution in [-0.4, -0.2) is 34.6 Å². The van der Waals surface area contributed by atoms with Crippen molar-refractivity contribution < 1.29 is 5.11 Å². The first kappa shape index (κ1) is 16.7. The number of hydrogen-bond donors (Lipinski definition) is 1. The summed E-state index contributed by atoms with van der Waals surface area (Å²) in [6.07, 6.45) is 23.3. The molecule has 0 aromatic carbocycles. The molecule has 0 radical (unpaired) electrons. The van der Waals surface area contributed by atoms with Gasteiger partial charge in [-0.15, -0.1) is 0 Å². The van der Waals surface area contributed by atoms with Gasteiger partial charge < -0.3 is 5.11 Å². The standard InChI is InChI=1S/C23H18N4O/c28-9-1-2-15-10-22-13-20-6-5-18(25-20)11-16-3-4-17(24-16)12-19-7-8-21(26-19)14-23(15)27-22/h3-8,10-14,28H,1-2,9H2. The Labute approximate surface area is 163 Å². The van der Waals surface area contributed by atoms with Gasteiger partial charge in [0.2, 0.25) is 0 Å². The molecular formula is C23H18N4O. The number of aliphatic hydroxyl groups excluding tert-OH is 1. The Kier molecular flexibility index (Phi) is 4.14. The Bertz CT molecular complexity index is 1130. The van der Waals surface area contributed by atoms with Gasteiger partial charge in [-0.3, -0.25) is 0 Å². The molecule has 0 atom stereocenters. The second kappa shape index (κ2) is 6.94. The van der Waals surface area contributed by atoms with Crippen molar-refractivity contribution in [1.29, 1.82) is 0 Å². The second-order valence-electron chi connectivity index (χ2n) is 6.88. The summed E-state index contributed by atoms with van der Waals surface area (Å²) in [5, 5.41) is 9.21. The third kappa shape index (κ3) is 3.40. The SMILES string of the molecule is OCCCC1=CC2=CC3=NC(=CC4=NC(=CC5=NC(=CC1=N2)C=C5)C=C4)C=C3. The topological polar surface area (TPSA) is 69.7 Å². The summed E-state index contributed by atoms with van der Waals surface area (Å²) in [6, 6.07) is 0. The zero-order valence-corrected chi connectivity index (χ0v) is 15.2. The van der Waals surface area contributed by atoms with Crippen molar-refractivity contribution in [2.45, 2.75) is 12.8 Å². The van der Waals surface area contributed by atoms with Crippen LogP contribution in [0.2, 0.25) is 0 Å². The highest BCUT2D eigenvalue weighted by atomic mass is 16.2. The van der Waals surface area contributed by atoms with E-state index in [2.05, 4.69) is 21.1 Å². The molecule has 5 rings (SSSR count). The van der Waals surface area contributed by atoms with E-state index in [1.807, 2.05) is 60.8 Å². The summed E-state index contributed by atoms with van der Waals surface area (Å²) in [5.41, 5.74) is 8.08. The maximum Gasteiger partial charge on any atom is 0.0691 e. The predicted octanol–water partition coefficient (Wildman–Crippen LogP) is 3.72. The molecule has 5 heteroatoms. The van der Waals surface area contributed by atoms with E-state index in [1.165, 1.54) is 0 Å². The van der Waals surface area contributed by atoms with Gasteiger partial charge in [0.1, 0.15) is 0 Å². The van der Waals surface area contributed by atoms with Crippen molar-refractivity contribution in [1.82, 2.24) is 0 Å². The number of fused-ring (bicyclic) bond motifs is 4. The van der Waals surface area contributed by atoms with Crippen LogP contribution in [0.3, 0.4) is 0 Å². The Morgan fingerprint density at radius 1 is 0.571 bits per heavy atom. The number of aliphatic imine (C=N–C) groups is 4. The minimum Gasteiger partial charge on any atom is -0.396 e. The van der Waals surface area contributed by atoms with E-state index in [4.69, 9.17) is 4.99 Å².